The van der Waals surface area contributed by atoms with E-state index in [4.69, 9.17) is 4.74 Å². The van der Waals surface area contributed by atoms with Crippen molar-refractivity contribution in [2.24, 2.45) is 0 Å². The number of unbranched alkanes of at least 4 members (excludes halogenated alkanes) is 11. The summed E-state index contributed by atoms with van der Waals surface area (Å²) < 4.78 is 5.33. The van der Waals surface area contributed by atoms with Crippen molar-refractivity contribution in [3.8, 4) is 0 Å². The first-order valence-electron chi connectivity index (χ1n) is 12.2. The summed E-state index contributed by atoms with van der Waals surface area (Å²) >= 11 is 0. The van der Waals surface area contributed by atoms with Gasteiger partial charge in [0, 0.05) is 6.42 Å². The third-order valence-corrected chi connectivity index (χ3v) is 5.36. The highest BCUT2D eigenvalue weighted by atomic mass is 16.5. The fourth-order valence-corrected chi connectivity index (χ4v) is 3.52. The highest BCUT2D eigenvalue weighted by Crippen LogP contribution is 2.10. The number of benzene rings is 1. The predicted octanol–water partition coefficient (Wildman–Crippen LogP) is 8.20. The molecule has 0 atom stereocenters. The quantitative estimate of drug-likeness (QED) is 0.133. The van der Waals surface area contributed by atoms with Gasteiger partial charge in [0.2, 0.25) is 0 Å². The molecule has 1 aromatic rings. The van der Waals surface area contributed by atoms with Crippen molar-refractivity contribution in [1.29, 1.82) is 0 Å². The Morgan fingerprint density at radius 3 is 2.00 bits per heavy atom. The van der Waals surface area contributed by atoms with E-state index in [1.54, 1.807) is 0 Å². The summed E-state index contributed by atoms with van der Waals surface area (Å²) in [4.78, 5) is 11.8. The van der Waals surface area contributed by atoms with Gasteiger partial charge >= 0.3 is 5.97 Å². The SMILES string of the molecule is CCCCCCCC/C=C/CCCCCCCC(=O)OCCCc1ccccc1. The zero-order chi connectivity index (χ0) is 20.8. The Morgan fingerprint density at radius 2 is 1.34 bits per heavy atom. The van der Waals surface area contributed by atoms with Gasteiger partial charge in [-0.3, -0.25) is 4.79 Å². The second-order valence-corrected chi connectivity index (χ2v) is 8.14. The van der Waals surface area contributed by atoms with E-state index in [0.717, 1.165) is 25.7 Å². The Labute approximate surface area is 180 Å². The molecule has 1 rings (SSSR count). The first-order valence-corrected chi connectivity index (χ1v) is 12.2. The smallest absolute Gasteiger partial charge is 0.305 e. The largest absolute Gasteiger partial charge is 0.466 e. The molecule has 0 aromatic heterocycles. The zero-order valence-corrected chi connectivity index (χ0v) is 18.9. The molecule has 1 aromatic carbocycles. The van der Waals surface area contributed by atoms with Crippen LogP contribution in [0.1, 0.15) is 109 Å². The maximum absolute atomic E-state index is 11.8. The Hall–Kier alpha value is -1.57. The highest BCUT2D eigenvalue weighted by Gasteiger charge is 2.02. The number of carbonyl (C=O) groups excluding carboxylic acids is 1. The van der Waals surface area contributed by atoms with Gasteiger partial charge in [-0.2, -0.15) is 0 Å². The molecule has 2 nitrogen and oxygen atoms in total. The number of aryl methyl sites for hydroxylation is 1. The van der Waals surface area contributed by atoms with Gasteiger partial charge in [-0.15, -0.1) is 0 Å². The second-order valence-electron chi connectivity index (χ2n) is 8.14. The van der Waals surface area contributed by atoms with Gasteiger partial charge in [-0.1, -0.05) is 101 Å². The molecule has 0 bridgehead atoms. The van der Waals surface area contributed by atoms with Crippen molar-refractivity contribution in [2.75, 3.05) is 6.61 Å². The lowest BCUT2D eigenvalue weighted by molar-refractivity contribution is -0.143. The van der Waals surface area contributed by atoms with Gasteiger partial charge < -0.3 is 4.74 Å². The summed E-state index contributed by atoms with van der Waals surface area (Å²) in [5.74, 6) is -0.0318. The van der Waals surface area contributed by atoms with Crippen LogP contribution in [0.2, 0.25) is 0 Å². The lowest BCUT2D eigenvalue weighted by Gasteiger charge is -2.05. The summed E-state index contributed by atoms with van der Waals surface area (Å²) in [5, 5.41) is 0. The molecule has 0 heterocycles. The van der Waals surface area contributed by atoms with Crippen LogP contribution < -0.4 is 0 Å². The van der Waals surface area contributed by atoms with Gasteiger partial charge in [-0.05, 0) is 50.5 Å². The average molecular weight is 401 g/mol. The minimum atomic E-state index is -0.0318. The third-order valence-electron chi connectivity index (χ3n) is 5.36. The van der Waals surface area contributed by atoms with E-state index < -0.39 is 0 Å². The van der Waals surface area contributed by atoms with Gasteiger partial charge in [-0.25, -0.2) is 0 Å². The second kappa shape index (κ2) is 19.7. The number of ether oxygens (including phenoxy) is 1. The normalized spacial score (nSPS) is 11.2. The van der Waals surface area contributed by atoms with E-state index >= 15 is 0 Å². The lowest BCUT2D eigenvalue weighted by atomic mass is 10.1. The van der Waals surface area contributed by atoms with E-state index in [9.17, 15) is 4.79 Å². The summed E-state index contributed by atoms with van der Waals surface area (Å²) in [6.45, 7) is 2.81. The molecule has 0 saturated carbocycles. The van der Waals surface area contributed by atoms with Crippen molar-refractivity contribution >= 4 is 5.97 Å². The maximum atomic E-state index is 11.8. The number of hydrogen-bond donors (Lipinski definition) is 0. The molecule has 0 fully saturated rings. The number of rotatable bonds is 19. The molecule has 0 aliphatic heterocycles. The molecule has 0 aliphatic carbocycles. The minimum Gasteiger partial charge on any atom is -0.466 e. The van der Waals surface area contributed by atoms with Crippen LogP contribution in [0.15, 0.2) is 42.5 Å². The van der Waals surface area contributed by atoms with Gasteiger partial charge in [0.1, 0.15) is 0 Å². The molecule has 0 amide bonds. The van der Waals surface area contributed by atoms with E-state index in [2.05, 4.69) is 31.2 Å². The van der Waals surface area contributed by atoms with Crippen molar-refractivity contribution in [2.45, 2.75) is 110 Å². The standard InChI is InChI=1S/C27H44O2/c1-2-3-4-5-6-7-8-9-10-11-12-13-14-15-19-24-27(28)29-25-20-23-26-21-17-16-18-22-26/h9-10,16-18,21-22H,2-8,11-15,19-20,23-25H2,1H3/b10-9+. The van der Waals surface area contributed by atoms with E-state index in [1.807, 2.05) is 18.2 Å². The fourth-order valence-electron chi connectivity index (χ4n) is 3.52. The number of hydrogen-bond acceptors (Lipinski definition) is 2. The average Bonchev–Trinajstić information content (AvgIpc) is 2.75. The highest BCUT2D eigenvalue weighted by molar-refractivity contribution is 5.69. The third kappa shape index (κ3) is 17.0. The Kier molecular flexibility index (Phi) is 17.3. The molecule has 0 radical (unpaired) electrons. The molecular formula is C27H44O2. The first-order chi connectivity index (χ1) is 14.3. The van der Waals surface area contributed by atoms with Gasteiger partial charge in [0.25, 0.3) is 0 Å². The topological polar surface area (TPSA) is 26.3 Å². The van der Waals surface area contributed by atoms with Gasteiger partial charge in [0.05, 0.1) is 6.61 Å². The minimum absolute atomic E-state index is 0.0318. The number of carbonyl (C=O) groups is 1. The molecule has 0 spiro atoms. The van der Waals surface area contributed by atoms with Crippen molar-refractivity contribution in [3.05, 3.63) is 48.0 Å². The summed E-state index contributed by atoms with van der Waals surface area (Å²) in [6, 6.07) is 10.4. The Bertz CT molecular complexity index is 507. The molecule has 29 heavy (non-hydrogen) atoms. The van der Waals surface area contributed by atoms with E-state index in [1.165, 1.54) is 76.2 Å². The zero-order valence-electron chi connectivity index (χ0n) is 18.9. The molecule has 0 saturated heterocycles. The van der Waals surface area contributed by atoms with Crippen LogP contribution in [0.4, 0.5) is 0 Å². The predicted molar refractivity (Wildman–Crippen MR) is 125 cm³/mol. The van der Waals surface area contributed by atoms with E-state index in [-0.39, 0.29) is 5.97 Å². The molecule has 164 valence electrons. The molecule has 0 aliphatic rings. The van der Waals surface area contributed by atoms with Crippen molar-refractivity contribution in [3.63, 3.8) is 0 Å². The summed E-state index contributed by atoms with van der Waals surface area (Å²) in [7, 11) is 0. The molecular weight excluding hydrogens is 356 g/mol. The van der Waals surface area contributed by atoms with Crippen LogP contribution in [-0.4, -0.2) is 12.6 Å². The molecule has 2 heteroatoms. The van der Waals surface area contributed by atoms with Crippen LogP contribution >= 0.6 is 0 Å². The van der Waals surface area contributed by atoms with Crippen LogP contribution in [0.3, 0.4) is 0 Å². The Balaban J connectivity index is 1.79. The van der Waals surface area contributed by atoms with Gasteiger partial charge in [0.15, 0.2) is 0 Å². The number of esters is 1. The molecule has 0 N–H and O–H groups in total. The fraction of sp³-hybridized carbons (Fsp3) is 0.667. The molecule has 0 unspecified atom stereocenters. The lowest BCUT2D eigenvalue weighted by Crippen LogP contribution is -2.06. The Morgan fingerprint density at radius 1 is 0.759 bits per heavy atom. The summed E-state index contributed by atoms with van der Waals surface area (Å²) in [6.07, 6.45) is 23.8. The van der Waals surface area contributed by atoms with Crippen LogP contribution in [0, 0.1) is 0 Å². The van der Waals surface area contributed by atoms with Crippen LogP contribution in [-0.2, 0) is 16.0 Å². The maximum Gasteiger partial charge on any atom is 0.305 e. The monoisotopic (exact) mass is 400 g/mol. The van der Waals surface area contributed by atoms with E-state index in [0.29, 0.717) is 13.0 Å². The van der Waals surface area contributed by atoms with Crippen LogP contribution in [0.25, 0.3) is 0 Å². The number of allylic oxidation sites excluding steroid dienone is 2. The summed E-state index contributed by atoms with van der Waals surface area (Å²) in [5.41, 5.74) is 1.31. The van der Waals surface area contributed by atoms with Crippen LogP contribution in [0.5, 0.6) is 0 Å². The first kappa shape index (κ1) is 25.5. The van der Waals surface area contributed by atoms with Crippen molar-refractivity contribution in [1.82, 2.24) is 0 Å². The van der Waals surface area contributed by atoms with Crippen molar-refractivity contribution < 1.29 is 9.53 Å².